The van der Waals surface area contributed by atoms with Crippen molar-refractivity contribution in [3.05, 3.63) is 45.1 Å². The summed E-state index contributed by atoms with van der Waals surface area (Å²) in [6.07, 6.45) is 0.435. The lowest BCUT2D eigenvalue weighted by atomic mass is 10.1. The number of amides is 1. The minimum atomic E-state index is -0.683. The first-order valence-electron chi connectivity index (χ1n) is 8.07. The summed E-state index contributed by atoms with van der Waals surface area (Å²) in [7, 11) is 1.55. The van der Waals surface area contributed by atoms with Gasteiger partial charge in [0, 0.05) is 20.2 Å². The Bertz CT molecular complexity index is 838. The molecule has 1 atom stereocenters. The van der Waals surface area contributed by atoms with E-state index in [1.54, 1.807) is 38.3 Å². The topological polar surface area (TPSA) is 82.3 Å². The number of hydrogen-bond acceptors (Lipinski definition) is 4. The monoisotopic (exact) mass is 333 g/mol. The highest BCUT2D eigenvalue weighted by Crippen LogP contribution is 2.16. The van der Waals surface area contributed by atoms with Gasteiger partial charge in [-0.25, -0.2) is 4.79 Å². The summed E-state index contributed by atoms with van der Waals surface area (Å²) in [5.41, 5.74) is -0.315. The largest absolute Gasteiger partial charge is 0.383 e. The van der Waals surface area contributed by atoms with Crippen molar-refractivity contribution in [1.82, 2.24) is 14.5 Å². The molecule has 1 N–H and O–H groups in total. The Labute approximate surface area is 139 Å². The first kappa shape index (κ1) is 17.9. The van der Waals surface area contributed by atoms with E-state index >= 15 is 0 Å². The summed E-state index contributed by atoms with van der Waals surface area (Å²) in [4.78, 5) is 37.8. The van der Waals surface area contributed by atoms with Gasteiger partial charge in [-0.15, -0.1) is 0 Å². The molecule has 0 fully saturated rings. The molecule has 0 saturated heterocycles. The van der Waals surface area contributed by atoms with Crippen LogP contribution in [-0.4, -0.2) is 35.3 Å². The Morgan fingerprint density at radius 1 is 1.25 bits per heavy atom. The van der Waals surface area contributed by atoms with Crippen LogP contribution in [0, 0.1) is 0 Å². The summed E-state index contributed by atoms with van der Waals surface area (Å²) in [5.74, 6) is -0.261. The second-order valence-corrected chi connectivity index (χ2v) is 5.43. The fraction of sp³-hybridized carbons (Fsp3) is 0.471. The molecule has 0 saturated carbocycles. The van der Waals surface area contributed by atoms with Crippen molar-refractivity contribution in [3.63, 3.8) is 0 Å². The van der Waals surface area contributed by atoms with Crippen molar-refractivity contribution >= 4 is 16.8 Å². The zero-order chi connectivity index (χ0) is 17.7. The molecule has 1 aromatic carbocycles. The van der Waals surface area contributed by atoms with Crippen LogP contribution >= 0.6 is 0 Å². The van der Waals surface area contributed by atoms with Crippen LogP contribution in [0.15, 0.2) is 33.9 Å². The van der Waals surface area contributed by atoms with E-state index in [9.17, 15) is 14.4 Å². The average Bonchev–Trinajstić information content (AvgIpc) is 2.59. The number of carbonyl (C=O) groups excluding carboxylic acids is 1. The van der Waals surface area contributed by atoms with E-state index in [0.717, 1.165) is 4.57 Å². The number of methoxy groups -OCH3 is 1. The third-order valence-electron chi connectivity index (χ3n) is 4.00. The number of ether oxygens (including phenoxy) is 1. The maximum Gasteiger partial charge on any atom is 0.332 e. The normalized spacial score (nSPS) is 12.3. The van der Waals surface area contributed by atoms with Gasteiger partial charge in [0.15, 0.2) is 0 Å². The van der Waals surface area contributed by atoms with Crippen LogP contribution in [0.2, 0.25) is 0 Å². The quantitative estimate of drug-likeness (QED) is 0.763. The van der Waals surface area contributed by atoms with Gasteiger partial charge in [0.05, 0.1) is 17.5 Å². The van der Waals surface area contributed by atoms with Gasteiger partial charge in [-0.1, -0.05) is 19.1 Å². The van der Waals surface area contributed by atoms with E-state index in [1.807, 2.05) is 6.92 Å². The molecule has 7 heteroatoms. The van der Waals surface area contributed by atoms with Gasteiger partial charge in [-0.3, -0.25) is 18.7 Å². The standard InChI is InChI=1S/C17H23N3O4/c1-4-13(15(21)18-10-11-24-3)20-14-9-7-6-8-12(14)16(22)19(5-2)17(20)23/h6-9,13H,4-5,10-11H2,1-3H3,(H,18,21). The van der Waals surface area contributed by atoms with Gasteiger partial charge in [-0.05, 0) is 25.5 Å². The van der Waals surface area contributed by atoms with Crippen LogP contribution in [0.5, 0.6) is 0 Å². The van der Waals surface area contributed by atoms with Gasteiger partial charge in [0.1, 0.15) is 6.04 Å². The predicted octanol–water partition coefficient (Wildman–Crippen LogP) is 0.897. The zero-order valence-corrected chi connectivity index (χ0v) is 14.2. The molecule has 0 radical (unpaired) electrons. The summed E-state index contributed by atoms with van der Waals surface area (Å²) < 4.78 is 7.51. The molecule has 2 rings (SSSR count). The number of rotatable bonds is 7. The van der Waals surface area contributed by atoms with Gasteiger partial charge in [-0.2, -0.15) is 0 Å². The van der Waals surface area contributed by atoms with E-state index in [2.05, 4.69) is 5.32 Å². The average molecular weight is 333 g/mol. The van der Waals surface area contributed by atoms with Gasteiger partial charge in [0.2, 0.25) is 5.91 Å². The molecule has 1 heterocycles. The van der Waals surface area contributed by atoms with Crippen molar-refractivity contribution in [1.29, 1.82) is 0 Å². The first-order valence-corrected chi connectivity index (χ1v) is 8.07. The molecular formula is C17H23N3O4. The van der Waals surface area contributed by atoms with Crippen LogP contribution in [0.1, 0.15) is 26.3 Å². The molecule has 1 unspecified atom stereocenters. The Morgan fingerprint density at radius 3 is 2.58 bits per heavy atom. The number of aromatic nitrogens is 2. The molecule has 0 spiro atoms. The van der Waals surface area contributed by atoms with E-state index < -0.39 is 11.7 Å². The number of nitrogens with one attached hydrogen (secondary N) is 1. The van der Waals surface area contributed by atoms with Crippen molar-refractivity contribution in [2.45, 2.75) is 32.9 Å². The fourth-order valence-corrected chi connectivity index (χ4v) is 2.79. The highest BCUT2D eigenvalue weighted by Gasteiger charge is 2.23. The molecule has 0 aliphatic carbocycles. The van der Waals surface area contributed by atoms with Crippen molar-refractivity contribution < 1.29 is 9.53 Å². The SMILES string of the molecule is CCC(C(=O)NCCOC)n1c(=O)n(CC)c(=O)c2ccccc21. The number of para-hydroxylation sites is 1. The smallest absolute Gasteiger partial charge is 0.332 e. The fourth-order valence-electron chi connectivity index (χ4n) is 2.79. The van der Waals surface area contributed by atoms with Gasteiger partial charge >= 0.3 is 5.69 Å². The molecule has 0 aliphatic heterocycles. The molecule has 2 aromatic rings. The lowest BCUT2D eigenvalue weighted by Crippen LogP contribution is -2.45. The summed E-state index contributed by atoms with van der Waals surface area (Å²) in [6, 6.07) is 6.19. The van der Waals surface area contributed by atoms with Gasteiger partial charge < -0.3 is 10.1 Å². The molecule has 0 aliphatic rings. The van der Waals surface area contributed by atoms with Crippen LogP contribution in [0.3, 0.4) is 0 Å². The highest BCUT2D eigenvalue weighted by molar-refractivity contribution is 5.84. The Kier molecular flexibility index (Phi) is 5.92. The Morgan fingerprint density at radius 2 is 1.96 bits per heavy atom. The molecule has 1 amide bonds. The number of benzene rings is 1. The molecule has 1 aromatic heterocycles. The van der Waals surface area contributed by atoms with Crippen LogP contribution in [-0.2, 0) is 16.1 Å². The van der Waals surface area contributed by atoms with E-state index in [4.69, 9.17) is 4.74 Å². The Balaban J connectivity index is 2.63. The van der Waals surface area contributed by atoms with Crippen LogP contribution in [0.25, 0.3) is 10.9 Å². The second-order valence-electron chi connectivity index (χ2n) is 5.43. The summed E-state index contributed by atoms with van der Waals surface area (Å²) in [6.45, 7) is 4.59. The van der Waals surface area contributed by atoms with E-state index in [1.165, 1.54) is 4.57 Å². The van der Waals surface area contributed by atoms with Gasteiger partial charge in [0.25, 0.3) is 5.56 Å². The third-order valence-corrected chi connectivity index (χ3v) is 4.00. The molecular weight excluding hydrogens is 310 g/mol. The minimum absolute atomic E-state index is 0.254. The van der Waals surface area contributed by atoms with Crippen molar-refractivity contribution in [3.8, 4) is 0 Å². The lowest BCUT2D eigenvalue weighted by Gasteiger charge is -2.21. The van der Waals surface area contributed by atoms with E-state index in [-0.39, 0.29) is 18.0 Å². The summed E-state index contributed by atoms with van der Waals surface area (Å²) in [5, 5.41) is 3.20. The molecule has 7 nitrogen and oxygen atoms in total. The third kappa shape index (κ3) is 3.26. The maximum atomic E-state index is 12.8. The summed E-state index contributed by atoms with van der Waals surface area (Å²) >= 11 is 0. The number of hydrogen-bond donors (Lipinski definition) is 1. The first-order chi connectivity index (χ1) is 11.6. The number of carbonyl (C=O) groups is 1. The van der Waals surface area contributed by atoms with Crippen molar-refractivity contribution in [2.24, 2.45) is 0 Å². The number of nitrogens with zero attached hydrogens (tertiary/aromatic N) is 2. The van der Waals surface area contributed by atoms with Crippen LogP contribution in [0.4, 0.5) is 0 Å². The molecule has 0 bridgehead atoms. The lowest BCUT2D eigenvalue weighted by molar-refractivity contribution is -0.124. The highest BCUT2D eigenvalue weighted by atomic mass is 16.5. The maximum absolute atomic E-state index is 12.8. The Hall–Kier alpha value is -2.41. The second kappa shape index (κ2) is 7.92. The molecule has 130 valence electrons. The predicted molar refractivity (Wildman–Crippen MR) is 92.4 cm³/mol. The van der Waals surface area contributed by atoms with Crippen LogP contribution < -0.4 is 16.6 Å². The van der Waals surface area contributed by atoms with Crippen molar-refractivity contribution in [2.75, 3.05) is 20.3 Å². The van der Waals surface area contributed by atoms with E-state index in [0.29, 0.717) is 30.5 Å². The minimum Gasteiger partial charge on any atom is -0.383 e. The zero-order valence-electron chi connectivity index (χ0n) is 14.2. The molecule has 24 heavy (non-hydrogen) atoms. The number of fused-ring (bicyclic) bond motifs is 1.